The van der Waals surface area contributed by atoms with Crippen molar-refractivity contribution < 1.29 is 24.2 Å². The SMILES string of the molecule is CC[C@@H]1C(=O)N(C)c2cnc(Nc3ccc(C(=O)NC4C5CN(C(=O)O)CC54C(C)(C)C)cc3OC)nc2N1C1CCCC1. The Morgan fingerprint density at radius 1 is 1.20 bits per heavy atom. The Hall–Kier alpha value is -4.09. The maximum Gasteiger partial charge on any atom is 0.407 e. The molecule has 1 aromatic carbocycles. The van der Waals surface area contributed by atoms with Gasteiger partial charge in [-0.05, 0) is 42.9 Å². The average Bonchev–Trinajstić information content (AvgIpc) is 3.37. The highest BCUT2D eigenvalue weighted by Crippen LogP contribution is 2.66. The Labute approximate surface area is 258 Å². The van der Waals surface area contributed by atoms with Crippen LogP contribution in [0.4, 0.5) is 27.9 Å². The highest BCUT2D eigenvalue weighted by Gasteiger charge is 2.74. The number of nitrogens with one attached hydrogen (secondary N) is 2. The number of carbonyl (C=O) groups is 3. The average molecular weight is 606 g/mol. The molecule has 12 heteroatoms. The van der Waals surface area contributed by atoms with Gasteiger partial charge in [0.1, 0.15) is 17.5 Å². The molecule has 2 aliphatic carbocycles. The summed E-state index contributed by atoms with van der Waals surface area (Å²) in [5.74, 6) is 1.51. The first-order valence-corrected chi connectivity index (χ1v) is 15.6. The van der Waals surface area contributed by atoms with Gasteiger partial charge in [0, 0.05) is 49.1 Å². The van der Waals surface area contributed by atoms with Crippen LogP contribution in [0.25, 0.3) is 0 Å². The number of methoxy groups -OCH3 is 1. The fourth-order valence-electron chi connectivity index (χ4n) is 7.98. The molecule has 236 valence electrons. The van der Waals surface area contributed by atoms with E-state index < -0.39 is 6.09 Å². The summed E-state index contributed by atoms with van der Waals surface area (Å²) in [5.41, 5.74) is 1.28. The van der Waals surface area contributed by atoms with Gasteiger partial charge in [0.25, 0.3) is 5.91 Å². The van der Waals surface area contributed by atoms with Crippen molar-refractivity contribution in [1.29, 1.82) is 0 Å². The van der Waals surface area contributed by atoms with Crippen LogP contribution in [0.2, 0.25) is 0 Å². The van der Waals surface area contributed by atoms with E-state index in [1.165, 1.54) is 4.90 Å². The van der Waals surface area contributed by atoms with E-state index in [0.717, 1.165) is 31.5 Å². The summed E-state index contributed by atoms with van der Waals surface area (Å²) in [6, 6.07) is 5.09. The summed E-state index contributed by atoms with van der Waals surface area (Å²) >= 11 is 0. The Balaban J connectivity index is 1.22. The molecule has 1 saturated heterocycles. The summed E-state index contributed by atoms with van der Waals surface area (Å²) in [6.45, 7) is 9.19. The van der Waals surface area contributed by atoms with E-state index in [1.54, 1.807) is 43.5 Å². The van der Waals surface area contributed by atoms with Crippen molar-refractivity contribution in [3.8, 4) is 5.75 Å². The third kappa shape index (κ3) is 4.69. The van der Waals surface area contributed by atoms with Gasteiger partial charge in [0.15, 0.2) is 5.82 Å². The smallest absolute Gasteiger partial charge is 0.407 e. The Morgan fingerprint density at radius 3 is 2.55 bits per heavy atom. The van der Waals surface area contributed by atoms with Crippen LogP contribution >= 0.6 is 0 Å². The maximum atomic E-state index is 13.4. The molecule has 3 N–H and O–H groups in total. The highest BCUT2D eigenvalue weighted by molar-refractivity contribution is 6.04. The topological polar surface area (TPSA) is 140 Å². The highest BCUT2D eigenvalue weighted by atomic mass is 16.5. The van der Waals surface area contributed by atoms with Crippen LogP contribution in [-0.2, 0) is 4.79 Å². The number of rotatable bonds is 7. The lowest BCUT2D eigenvalue weighted by molar-refractivity contribution is -0.120. The molecule has 0 bridgehead atoms. The van der Waals surface area contributed by atoms with Crippen LogP contribution < -0.4 is 25.2 Å². The summed E-state index contributed by atoms with van der Waals surface area (Å²) in [4.78, 5) is 53.0. The second-order valence-electron chi connectivity index (χ2n) is 13.6. The van der Waals surface area contributed by atoms with Gasteiger partial charge in [-0.25, -0.2) is 9.78 Å². The van der Waals surface area contributed by atoms with E-state index in [0.29, 0.717) is 48.1 Å². The molecule has 4 atom stereocenters. The van der Waals surface area contributed by atoms with E-state index in [-0.39, 0.29) is 46.7 Å². The molecule has 0 spiro atoms. The number of hydrogen-bond acceptors (Lipinski definition) is 8. The second-order valence-corrected chi connectivity index (χ2v) is 13.6. The minimum absolute atomic E-state index is 0.0641. The van der Waals surface area contributed by atoms with Crippen LogP contribution in [0, 0.1) is 16.7 Å². The van der Waals surface area contributed by atoms with Crippen LogP contribution in [0.3, 0.4) is 0 Å². The fraction of sp³-hybridized carbons (Fsp3) is 0.594. The molecule has 3 fully saturated rings. The number of aromatic nitrogens is 2. The Morgan fingerprint density at radius 2 is 1.93 bits per heavy atom. The summed E-state index contributed by atoms with van der Waals surface area (Å²) in [5, 5.41) is 16.0. The molecule has 2 aliphatic heterocycles. The van der Waals surface area contributed by atoms with Crippen molar-refractivity contribution in [1.82, 2.24) is 20.2 Å². The molecule has 1 aromatic heterocycles. The molecule has 4 aliphatic rings. The Kier molecular flexibility index (Phi) is 7.36. The number of nitrogens with zero attached hydrogens (tertiary/aromatic N) is 5. The number of carboxylic acid groups (broad SMARTS) is 1. The molecule has 44 heavy (non-hydrogen) atoms. The minimum atomic E-state index is -0.918. The molecule has 6 rings (SSSR count). The maximum absolute atomic E-state index is 13.4. The van der Waals surface area contributed by atoms with Gasteiger partial charge in [0.05, 0.1) is 19.0 Å². The normalized spacial score (nSPS) is 26.4. The van der Waals surface area contributed by atoms with E-state index in [4.69, 9.17) is 9.72 Å². The van der Waals surface area contributed by atoms with Crippen molar-refractivity contribution in [2.75, 3.05) is 42.4 Å². The van der Waals surface area contributed by atoms with Gasteiger partial charge in [0.2, 0.25) is 11.9 Å². The van der Waals surface area contributed by atoms with Gasteiger partial charge < -0.3 is 35.2 Å². The minimum Gasteiger partial charge on any atom is -0.495 e. The molecule has 2 aromatic rings. The van der Waals surface area contributed by atoms with E-state index in [2.05, 4.69) is 41.3 Å². The number of ether oxygens (including phenoxy) is 1. The van der Waals surface area contributed by atoms with E-state index in [1.807, 2.05) is 6.92 Å². The zero-order valence-electron chi connectivity index (χ0n) is 26.4. The first-order valence-electron chi connectivity index (χ1n) is 15.6. The molecule has 0 radical (unpaired) electrons. The van der Waals surface area contributed by atoms with Crippen LogP contribution in [-0.4, -0.2) is 83.3 Å². The first kappa shape index (κ1) is 30.0. The number of piperidine rings is 1. The number of amides is 3. The lowest BCUT2D eigenvalue weighted by Gasteiger charge is -2.43. The third-order valence-corrected chi connectivity index (χ3v) is 10.5. The predicted molar refractivity (Wildman–Crippen MR) is 167 cm³/mol. The lowest BCUT2D eigenvalue weighted by atomic mass is 9.76. The monoisotopic (exact) mass is 605 g/mol. The number of hydrogen-bond donors (Lipinski definition) is 3. The first-order chi connectivity index (χ1) is 20.9. The van der Waals surface area contributed by atoms with Crippen molar-refractivity contribution >= 4 is 41.0 Å². The van der Waals surface area contributed by atoms with Gasteiger partial charge in [-0.2, -0.15) is 4.98 Å². The van der Waals surface area contributed by atoms with Crippen LogP contribution in [0.1, 0.15) is 70.2 Å². The largest absolute Gasteiger partial charge is 0.495 e. The van der Waals surface area contributed by atoms with Crippen LogP contribution in [0.5, 0.6) is 5.75 Å². The Bertz CT molecular complexity index is 1490. The number of likely N-dealkylation sites (N-methyl/N-ethyl adjacent to an activating group) is 1. The summed E-state index contributed by atoms with van der Waals surface area (Å²) in [6.07, 6.45) is 5.82. The van der Waals surface area contributed by atoms with Gasteiger partial charge >= 0.3 is 6.09 Å². The van der Waals surface area contributed by atoms with E-state index >= 15 is 0 Å². The molecule has 3 amide bonds. The zero-order valence-corrected chi connectivity index (χ0v) is 26.4. The molecular formula is C32H43N7O5. The number of likely N-dealkylation sites (tertiary alicyclic amines) is 1. The predicted octanol–water partition coefficient (Wildman–Crippen LogP) is 4.49. The quantitative estimate of drug-likeness (QED) is 0.417. The van der Waals surface area contributed by atoms with Gasteiger partial charge in [-0.1, -0.05) is 40.5 Å². The standard InChI is InChI=1S/C32H43N7O5/c1-7-22-28(41)37(5)23-15-33-29(36-26(23)39(22)19-10-8-9-11-19)34-21-13-12-18(14-24(21)44-6)27(40)35-25-20-16-38(30(42)43)17-32(20,25)31(2,3)4/h12-15,19-20,22,25H,7-11,16-17H2,1-6H3,(H,35,40)(H,42,43)(H,33,34,36)/t20?,22-,25?,32?/m1/s1. The van der Waals surface area contributed by atoms with Gasteiger partial charge in [-0.15, -0.1) is 0 Å². The zero-order chi connectivity index (χ0) is 31.6. The van der Waals surface area contributed by atoms with E-state index in [9.17, 15) is 19.5 Å². The number of fused-ring (bicyclic) bond motifs is 2. The molecule has 12 nitrogen and oxygen atoms in total. The second kappa shape index (κ2) is 10.8. The number of anilines is 4. The van der Waals surface area contributed by atoms with Crippen molar-refractivity contribution in [2.24, 2.45) is 16.7 Å². The van der Waals surface area contributed by atoms with Crippen molar-refractivity contribution in [3.63, 3.8) is 0 Å². The number of carbonyl (C=O) groups excluding carboxylic acids is 2. The fourth-order valence-corrected chi connectivity index (χ4v) is 7.98. The van der Waals surface area contributed by atoms with Crippen LogP contribution in [0.15, 0.2) is 24.4 Å². The molecular weight excluding hydrogens is 562 g/mol. The summed E-state index contributed by atoms with van der Waals surface area (Å²) in [7, 11) is 3.32. The molecule has 3 heterocycles. The summed E-state index contributed by atoms with van der Waals surface area (Å²) < 4.78 is 5.67. The van der Waals surface area contributed by atoms with Crippen molar-refractivity contribution in [2.45, 2.75) is 77.9 Å². The van der Waals surface area contributed by atoms with Gasteiger partial charge in [-0.3, -0.25) is 9.59 Å². The van der Waals surface area contributed by atoms with Crippen molar-refractivity contribution in [3.05, 3.63) is 30.0 Å². The number of benzene rings is 1. The lowest BCUT2D eigenvalue weighted by Crippen LogP contribution is -2.55. The molecule has 3 unspecified atom stereocenters. The molecule has 2 saturated carbocycles. The third-order valence-electron chi connectivity index (χ3n) is 10.5.